The van der Waals surface area contributed by atoms with Gasteiger partial charge >= 0.3 is 0 Å². The third-order valence-corrected chi connectivity index (χ3v) is 5.92. The summed E-state index contributed by atoms with van der Waals surface area (Å²) in [5.41, 5.74) is 0.893. The van der Waals surface area contributed by atoms with Crippen LogP contribution in [-0.4, -0.2) is 50.3 Å². The molecule has 124 valence electrons. The average molecular weight is 296 g/mol. The van der Waals surface area contributed by atoms with Gasteiger partial charge in [0.2, 0.25) is 0 Å². The molecule has 0 bridgehead atoms. The fraction of sp³-hybridized carbons (Fsp3) is 1.00. The Balaban J connectivity index is 1.95. The Labute approximate surface area is 131 Å². The Kier molecular flexibility index (Phi) is 6.10. The number of nitrogens with one attached hydrogen (secondary N) is 1. The summed E-state index contributed by atoms with van der Waals surface area (Å²) in [5.74, 6) is 0.920. The smallest absolute Gasteiger partial charge is 0.0587 e. The summed E-state index contributed by atoms with van der Waals surface area (Å²) in [5, 5.41) is 3.66. The molecule has 0 unspecified atom stereocenters. The summed E-state index contributed by atoms with van der Waals surface area (Å²) in [6, 6.07) is 0. The minimum absolute atomic E-state index is 0.405. The summed E-state index contributed by atoms with van der Waals surface area (Å²) >= 11 is 0. The first kappa shape index (κ1) is 17.2. The van der Waals surface area contributed by atoms with E-state index in [1.165, 1.54) is 51.6 Å². The summed E-state index contributed by atoms with van der Waals surface area (Å²) in [4.78, 5) is 2.76. The van der Waals surface area contributed by atoms with Crippen LogP contribution in [0.25, 0.3) is 0 Å². The standard InChI is InChI=1S/C18H36N2O/c1-16-6-9-18(10-7-16,14-19-11-13-21-4)15-20-12-5-8-17(20,2)3/h16,19H,5-15H2,1-4H3. The van der Waals surface area contributed by atoms with Crippen molar-refractivity contribution in [1.82, 2.24) is 10.2 Å². The van der Waals surface area contributed by atoms with E-state index < -0.39 is 0 Å². The van der Waals surface area contributed by atoms with Gasteiger partial charge in [0.15, 0.2) is 0 Å². The van der Waals surface area contributed by atoms with Gasteiger partial charge in [0.1, 0.15) is 0 Å². The normalized spacial score (nSPS) is 33.4. The monoisotopic (exact) mass is 296 g/mol. The molecule has 0 aromatic heterocycles. The lowest BCUT2D eigenvalue weighted by atomic mass is 9.70. The van der Waals surface area contributed by atoms with E-state index in [-0.39, 0.29) is 0 Å². The van der Waals surface area contributed by atoms with Crippen LogP contribution in [0.1, 0.15) is 59.3 Å². The molecule has 1 aliphatic heterocycles. The van der Waals surface area contributed by atoms with E-state index in [1.807, 2.05) is 0 Å². The van der Waals surface area contributed by atoms with Crippen LogP contribution in [0.4, 0.5) is 0 Å². The zero-order valence-electron chi connectivity index (χ0n) is 14.7. The number of hydrogen-bond acceptors (Lipinski definition) is 3. The Morgan fingerprint density at radius 2 is 1.90 bits per heavy atom. The highest BCUT2D eigenvalue weighted by Gasteiger charge is 2.40. The molecule has 0 atom stereocenters. The van der Waals surface area contributed by atoms with Crippen molar-refractivity contribution in [3.8, 4) is 0 Å². The van der Waals surface area contributed by atoms with Gasteiger partial charge in [-0.1, -0.05) is 19.8 Å². The van der Waals surface area contributed by atoms with Crippen molar-refractivity contribution in [3.05, 3.63) is 0 Å². The van der Waals surface area contributed by atoms with Gasteiger partial charge < -0.3 is 10.1 Å². The quantitative estimate of drug-likeness (QED) is 0.730. The third-order valence-electron chi connectivity index (χ3n) is 5.92. The second kappa shape index (κ2) is 7.43. The SMILES string of the molecule is COCCNCC1(CN2CCCC2(C)C)CCC(C)CC1. The average Bonchev–Trinajstić information content (AvgIpc) is 2.77. The van der Waals surface area contributed by atoms with Crippen molar-refractivity contribution in [1.29, 1.82) is 0 Å². The van der Waals surface area contributed by atoms with Gasteiger partial charge in [-0.25, -0.2) is 0 Å². The summed E-state index contributed by atoms with van der Waals surface area (Å²) < 4.78 is 5.17. The van der Waals surface area contributed by atoms with Gasteiger partial charge in [-0.3, -0.25) is 4.90 Å². The van der Waals surface area contributed by atoms with Crippen LogP contribution in [0.5, 0.6) is 0 Å². The summed E-state index contributed by atoms with van der Waals surface area (Å²) in [6.07, 6.45) is 8.31. The number of hydrogen-bond donors (Lipinski definition) is 1. The lowest BCUT2D eigenvalue weighted by molar-refractivity contribution is 0.0536. The van der Waals surface area contributed by atoms with Gasteiger partial charge in [0.05, 0.1) is 6.61 Å². The molecule has 1 N–H and O–H groups in total. The van der Waals surface area contributed by atoms with Crippen LogP contribution >= 0.6 is 0 Å². The van der Waals surface area contributed by atoms with Crippen LogP contribution in [0, 0.1) is 11.3 Å². The lowest BCUT2D eigenvalue weighted by Gasteiger charge is -2.45. The Hall–Kier alpha value is -0.120. The molecule has 2 rings (SSSR count). The van der Waals surface area contributed by atoms with Gasteiger partial charge in [0.25, 0.3) is 0 Å². The Bertz CT molecular complexity index is 308. The van der Waals surface area contributed by atoms with Crippen LogP contribution in [0.2, 0.25) is 0 Å². The highest BCUT2D eigenvalue weighted by atomic mass is 16.5. The number of likely N-dealkylation sites (tertiary alicyclic amines) is 1. The molecule has 0 aromatic rings. The van der Waals surface area contributed by atoms with Gasteiger partial charge in [0, 0.05) is 32.3 Å². The molecule has 1 saturated heterocycles. The van der Waals surface area contributed by atoms with E-state index in [1.54, 1.807) is 7.11 Å². The van der Waals surface area contributed by atoms with Crippen LogP contribution in [0.15, 0.2) is 0 Å². The topological polar surface area (TPSA) is 24.5 Å². The highest BCUT2D eigenvalue weighted by Crippen LogP contribution is 2.41. The molecular formula is C18H36N2O. The van der Waals surface area contributed by atoms with Gasteiger partial charge in [-0.15, -0.1) is 0 Å². The first-order valence-corrected chi connectivity index (χ1v) is 8.92. The molecule has 0 radical (unpaired) electrons. The molecular weight excluding hydrogens is 260 g/mol. The number of rotatable bonds is 7. The fourth-order valence-electron chi connectivity index (χ4n) is 4.15. The van der Waals surface area contributed by atoms with E-state index in [4.69, 9.17) is 4.74 Å². The number of nitrogens with zero attached hydrogens (tertiary/aromatic N) is 1. The molecule has 1 heterocycles. The van der Waals surface area contributed by atoms with Crippen LogP contribution in [0.3, 0.4) is 0 Å². The van der Waals surface area contributed by atoms with E-state index >= 15 is 0 Å². The highest BCUT2D eigenvalue weighted by molar-refractivity contribution is 4.95. The van der Waals surface area contributed by atoms with Crippen molar-refractivity contribution in [2.24, 2.45) is 11.3 Å². The molecule has 1 aliphatic carbocycles. The molecule has 3 heteroatoms. The third kappa shape index (κ3) is 4.67. The molecule has 2 fully saturated rings. The lowest BCUT2D eigenvalue weighted by Crippen LogP contribution is -2.50. The second-order valence-corrected chi connectivity index (χ2v) is 8.19. The van der Waals surface area contributed by atoms with Crippen molar-refractivity contribution in [2.75, 3.05) is 39.9 Å². The molecule has 3 nitrogen and oxygen atoms in total. The maximum Gasteiger partial charge on any atom is 0.0587 e. The van der Waals surface area contributed by atoms with Crippen molar-refractivity contribution in [3.63, 3.8) is 0 Å². The van der Waals surface area contributed by atoms with E-state index in [2.05, 4.69) is 31.0 Å². The van der Waals surface area contributed by atoms with E-state index in [0.717, 1.165) is 25.6 Å². The van der Waals surface area contributed by atoms with Crippen LogP contribution < -0.4 is 5.32 Å². The van der Waals surface area contributed by atoms with E-state index in [0.29, 0.717) is 11.0 Å². The predicted molar refractivity (Wildman–Crippen MR) is 89.7 cm³/mol. The zero-order valence-corrected chi connectivity index (χ0v) is 14.7. The van der Waals surface area contributed by atoms with Gasteiger partial charge in [-0.05, 0) is 57.4 Å². The zero-order chi connectivity index (χ0) is 15.3. The molecule has 21 heavy (non-hydrogen) atoms. The maximum absolute atomic E-state index is 5.17. The number of ether oxygens (including phenoxy) is 1. The molecule has 0 spiro atoms. The van der Waals surface area contributed by atoms with Crippen molar-refractivity contribution < 1.29 is 4.74 Å². The van der Waals surface area contributed by atoms with Crippen LogP contribution in [-0.2, 0) is 4.74 Å². The second-order valence-electron chi connectivity index (χ2n) is 8.19. The van der Waals surface area contributed by atoms with Gasteiger partial charge in [-0.2, -0.15) is 0 Å². The first-order valence-electron chi connectivity index (χ1n) is 8.92. The number of methoxy groups -OCH3 is 1. The fourth-order valence-corrected chi connectivity index (χ4v) is 4.15. The molecule has 0 aromatic carbocycles. The molecule has 0 amide bonds. The summed E-state index contributed by atoms with van der Waals surface area (Å²) in [7, 11) is 1.78. The Morgan fingerprint density at radius 3 is 2.48 bits per heavy atom. The van der Waals surface area contributed by atoms with E-state index in [9.17, 15) is 0 Å². The molecule has 2 aliphatic rings. The van der Waals surface area contributed by atoms with Crippen molar-refractivity contribution >= 4 is 0 Å². The predicted octanol–water partition coefficient (Wildman–Crippen LogP) is 3.29. The minimum Gasteiger partial charge on any atom is -0.383 e. The maximum atomic E-state index is 5.17. The largest absolute Gasteiger partial charge is 0.383 e. The van der Waals surface area contributed by atoms with Crippen molar-refractivity contribution in [2.45, 2.75) is 64.8 Å². The first-order chi connectivity index (χ1) is 9.97. The molecule has 1 saturated carbocycles. The Morgan fingerprint density at radius 1 is 1.19 bits per heavy atom. The summed E-state index contributed by atoms with van der Waals surface area (Å²) in [6.45, 7) is 12.8. The minimum atomic E-state index is 0.405.